The molecule has 0 aliphatic carbocycles. The van der Waals surface area contributed by atoms with Gasteiger partial charge in [-0.1, -0.05) is 35.0 Å². The highest BCUT2D eigenvalue weighted by molar-refractivity contribution is 6.35. The minimum atomic E-state index is -0.287. The van der Waals surface area contributed by atoms with Crippen LogP contribution in [0.2, 0.25) is 5.15 Å². The topological polar surface area (TPSA) is 56.7 Å². The van der Waals surface area contributed by atoms with Crippen molar-refractivity contribution in [3.63, 3.8) is 0 Å². The number of aryl methyl sites for hydroxylation is 1. The fourth-order valence-electron chi connectivity index (χ4n) is 3.41. The molecule has 3 heterocycles. The van der Waals surface area contributed by atoms with Crippen LogP contribution in [0.15, 0.2) is 59.1 Å². The van der Waals surface area contributed by atoms with E-state index in [1.165, 1.54) is 12.1 Å². The molecule has 5 aromatic rings. The van der Waals surface area contributed by atoms with Crippen molar-refractivity contribution in [2.75, 3.05) is 0 Å². The van der Waals surface area contributed by atoms with Crippen LogP contribution < -0.4 is 0 Å². The van der Waals surface area contributed by atoms with Crippen LogP contribution in [-0.4, -0.2) is 19.7 Å². The van der Waals surface area contributed by atoms with E-state index in [1.807, 2.05) is 41.8 Å². The minimum absolute atomic E-state index is 0.287. The van der Waals surface area contributed by atoms with Crippen LogP contribution in [0.1, 0.15) is 11.6 Å². The lowest BCUT2D eigenvalue weighted by atomic mass is 10.1. The molecule has 0 saturated heterocycles. The highest BCUT2D eigenvalue weighted by atomic mass is 35.5. The van der Waals surface area contributed by atoms with Crippen LogP contribution in [0.5, 0.6) is 0 Å². The fraction of sp³-hybridized carbons (Fsp3) is 0.0952. The van der Waals surface area contributed by atoms with E-state index in [9.17, 15) is 4.39 Å². The summed E-state index contributed by atoms with van der Waals surface area (Å²) in [4.78, 5) is 9.04. The van der Waals surface area contributed by atoms with Crippen LogP contribution in [0.25, 0.3) is 33.2 Å². The van der Waals surface area contributed by atoms with Crippen molar-refractivity contribution in [2.24, 2.45) is 0 Å². The normalized spacial score (nSPS) is 11.5. The maximum absolute atomic E-state index is 13.1. The molecule has 2 aromatic carbocycles. The number of pyridine rings is 1. The molecule has 5 nitrogen and oxygen atoms in total. The number of hydrogen-bond donors (Lipinski definition) is 0. The van der Waals surface area contributed by atoms with E-state index >= 15 is 0 Å². The lowest BCUT2D eigenvalue weighted by Gasteiger charge is -2.07. The van der Waals surface area contributed by atoms with Gasteiger partial charge in [-0.2, -0.15) is 0 Å². The van der Waals surface area contributed by atoms with Gasteiger partial charge in [0, 0.05) is 17.0 Å². The number of imidazole rings is 1. The van der Waals surface area contributed by atoms with Crippen molar-refractivity contribution in [1.82, 2.24) is 19.7 Å². The first-order valence-corrected chi connectivity index (χ1v) is 9.10. The SMILES string of the molecule is Cc1nc2c(Cl)nc3ccccc3c2n1Cc1cc(-c2ccc(F)cc2)no1. The first-order chi connectivity index (χ1) is 13.6. The second-order valence-corrected chi connectivity index (χ2v) is 6.91. The van der Waals surface area contributed by atoms with Crippen LogP contribution in [0, 0.1) is 12.7 Å². The molecule has 0 N–H and O–H groups in total. The van der Waals surface area contributed by atoms with E-state index in [2.05, 4.69) is 15.1 Å². The number of halogens is 2. The van der Waals surface area contributed by atoms with Gasteiger partial charge in [0.15, 0.2) is 10.9 Å². The second kappa shape index (κ2) is 6.42. The zero-order valence-corrected chi connectivity index (χ0v) is 15.6. The van der Waals surface area contributed by atoms with Crippen LogP contribution >= 0.6 is 11.6 Å². The van der Waals surface area contributed by atoms with Crippen molar-refractivity contribution in [3.8, 4) is 11.3 Å². The van der Waals surface area contributed by atoms with Gasteiger partial charge < -0.3 is 9.09 Å². The molecule has 5 rings (SSSR count). The van der Waals surface area contributed by atoms with Crippen LogP contribution in [0.4, 0.5) is 4.39 Å². The Morgan fingerprint density at radius 3 is 2.68 bits per heavy atom. The van der Waals surface area contributed by atoms with E-state index in [1.54, 1.807) is 12.1 Å². The number of benzene rings is 2. The van der Waals surface area contributed by atoms with E-state index in [0.717, 1.165) is 27.8 Å². The summed E-state index contributed by atoms with van der Waals surface area (Å²) >= 11 is 6.37. The molecular formula is C21H14ClFN4O. The minimum Gasteiger partial charge on any atom is -0.359 e. The molecule has 0 amide bonds. The van der Waals surface area contributed by atoms with Gasteiger partial charge in [0.25, 0.3) is 0 Å². The van der Waals surface area contributed by atoms with Gasteiger partial charge in [-0.05, 0) is 37.3 Å². The van der Waals surface area contributed by atoms with Gasteiger partial charge in [0.1, 0.15) is 22.9 Å². The Bertz CT molecular complexity index is 1320. The average Bonchev–Trinajstić information content (AvgIpc) is 3.29. The third-order valence-corrected chi connectivity index (χ3v) is 5.01. The molecule has 0 radical (unpaired) electrons. The molecule has 3 aromatic heterocycles. The molecule has 0 aliphatic heterocycles. The largest absolute Gasteiger partial charge is 0.359 e. The lowest BCUT2D eigenvalue weighted by Crippen LogP contribution is -2.01. The second-order valence-electron chi connectivity index (χ2n) is 6.55. The monoisotopic (exact) mass is 392 g/mol. The summed E-state index contributed by atoms with van der Waals surface area (Å²) in [6.07, 6.45) is 0. The summed E-state index contributed by atoms with van der Waals surface area (Å²) < 4.78 is 20.7. The maximum Gasteiger partial charge on any atom is 0.157 e. The number of fused-ring (bicyclic) bond motifs is 3. The Morgan fingerprint density at radius 2 is 1.86 bits per heavy atom. The highest BCUT2D eigenvalue weighted by Crippen LogP contribution is 2.30. The number of hydrogen-bond acceptors (Lipinski definition) is 4. The lowest BCUT2D eigenvalue weighted by molar-refractivity contribution is 0.378. The predicted molar refractivity (Wildman–Crippen MR) is 106 cm³/mol. The molecule has 0 unspecified atom stereocenters. The standard InChI is InChI=1S/C21H14ClFN4O/c1-12-24-19-20(16-4-2-3-5-17(16)25-21(19)22)27(12)11-15-10-18(26-28-15)13-6-8-14(23)9-7-13/h2-10H,11H2,1H3. The predicted octanol–water partition coefficient (Wildman–Crippen LogP) is 5.39. The Labute approximate surface area is 164 Å². The first kappa shape index (κ1) is 16.9. The summed E-state index contributed by atoms with van der Waals surface area (Å²) in [5.41, 5.74) is 3.83. The van der Waals surface area contributed by atoms with Gasteiger partial charge in [0.2, 0.25) is 0 Å². The average molecular weight is 393 g/mol. The number of para-hydroxylation sites is 1. The van der Waals surface area contributed by atoms with Crippen molar-refractivity contribution in [2.45, 2.75) is 13.5 Å². The summed E-state index contributed by atoms with van der Waals surface area (Å²) in [6, 6.07) is 15.8. The third-order valence-electron chi connectivity index (χ3n) is 4.74. The van der Waals surface area contributed by atoms with Crippen LogP contribution in [0.3, 0.4) is 0 Å². The Hall–Kier alpha value is -3.25. The van der Waals surface area contributed by atoms with Gasteiger partial charge in [-0.25, -0.2) is 14.4 Å². The number of nitrogens with zero attached hydrogens (tertiary/aromatic N) is 4. The molecule has 0 bridgehead atoms. The Kier molecular flexibility index (Phi) is 3.87. The zero-order valence-electron chi connectivity index (χ0n) is 14.9. The van der Waals surface area contributed by atoms with Crippen molar-refractivity contribution in [3.05, 3.63) is 77.2 Å². The molecular weight excluding hydrogens is 379 g/mol. The van der Waals surface area contributed by atoms with E-state index < -0.39 is 0 Å². The van der Waals surface area contributed by atoms with E-state index in [4.69, 9.17) is 16.1 Å². The molecule has 28 heavy (non-hydrogen) atoms. The molecule has 7 heteroatoms. The fourth-order valence-corrected chi connectivity index (χ4v) is 3.63. The zero-order chi connectivity index (χ0) is 19.3. The van der Waals surface area contributed by atoms with E-state index in [0.29, 0.717) is 28.7 Å². The molecule has 0 saturated carbocycles. The molecule has 0 spiro atoms. The third kappa shape index (κ3) is 2.73. The summed E-state index contributed by atoms with van der Waals surface area (Å²) in [5.74, 6) is 1.18. The van der Waals surface area contributed by atoms with Crippen molar-refractivity contribution >= 4 is 33.5 Å². The highest BCUT2D eigenvalue weighted by Gasteiger charge is 2.17. The van der Waals surface area contributed by atoms with Crippen molar-refractivity contribution < 1.29 is 8.91 Å². The summed E-state index contributed by atoms with van der Waals surface area (Å²) in [5, 5.41) is 5.46. The molecule has 0 aliphatic rings. The number of rotatable bonds is 3. The molecule has 0 atom stereocenters. The smallest absolute Gasteiger partial charge is 0.157 e. The number of aromatic nitrogens is 4. The van der Waals surface area contributed by atoms with Crippen molar-refractivity contribution in [1.29, 1.82) is 0 Å². The quantitative estimate of drug-likeness (QED) is 0.386. The maximum atomic E-state index is 13.1. The van der Waals surface area contributed by atoms with E-state index in [-0.39, 0.29) is 5.82 Å². The summed E-state index contributed by atoms with van der Waals surface area (Å²) in [7, 11) is 0. The Balaban J connectivity index is 1.61. The van der Waals surface area contributed by atoms with Gasteiger partial charge >= 0.3 is 0 Å². The van der Waals surface area contributed by atoms with Gasteiger partial charge in [0.05, 0.1) is 17.6 Å². The van der Waals surface area contributed by atoms with Crippen LogP contribution in [-0.2, 0) is 6.54 Å². The summed E-state index contributed by atoms with van der Waals surface area (Å²) in [6.45, 7) is 2.36. The molecule has 138 valence electrons. The Morgan fingerprint density at radius 1 is 1.07 bits per heavy atom. The molecule has 0 fully saturated rings. The van der Waals surface area contributed by atoms with Gasteiger partial charge in [-0.3, -0.25) is 0 Å². The first-order valence-electron chi connectivity index (χ1n) is 8.73. The van der Waals surface area contributed by atoms with Gasteiger partial charge in [-0.15, -0.1) is 0 Å².